The molecular formula is C22H21N3O7S2. The van der Waals surface area contributed by atoms with Crippen molar-refractivity contribution in [3.05, 3.63) is 69.8 Å². The van der Waals surface area contributed by atoms with Gasteiger partial charge < -0.3 is 10.1 Å². The summed E-state index contributed by atoms with van der Waals surface area (Å²) in [5.41, 5.74) is 1.67. The topological polar surface area (TPSA) is 145 Å². The lowest BCUT2D eigenvalue weighted by Crippen LogP contribution is -2.20. The van der Waals surface area contributed by atoms with Gasteiger partial charge in [0.15, 0.2) is 9.84 Å². The van der Waals surface area contributed by atoms with Crippen molar-refractivity contribution in [3.63, 3.8) is 0 Å². The number of benzene rings is 2. The molecule has 0 bridgehead atoms. The number of nitro groups is 1. The van der Waals surface area contributed by atoms with Crippen molar-refractivity contribution in [2.24, 2.45) is 0 Å². The van der Waals surface area contributed by atoms with Crippen LogP contribution < -0.4 is 10.6 Å². The van der Waals surface area contributed by atoms with Crippen molar-refractivity contribution in [1.82, 2.24) is 0 Å². The standard InChI is InChI=1S/C22H21N3O7S2/c1-4-32-21(26)18-13(2)19(14-5-9-16(10-6-14)25(28)29)33-20(18)24-22(27)23-15-7-11-17(12-8-15)34(3,30)31/h5-12H,4H2,1-3H3,(H2,23,24,27). The van der Waals surface area contributed by atoms with Gasteiger partial charge in [-0.15, -0.1) is 11.3 Å². The van der Waals surface area contributed by atoms with E-state index in [4.69, 9.17) is 4.74 Å². The van der Waals surface area contributed by atoms with E-state index in [2.05, 4.69) is 10.6 Å². The first-order valence-electron chi connectivity index (χ1n) is 9.94. The second-order valence-electron chi connectivity index (χ2n) is 7.16. The smallest absolute Gasteiger partial charge is 0.341 e. The molecule has 2 N–H and O–H groups in total. The average molecular weight is 504 g/mol. The molecule has 0 unspecified atom stereocenters. The van der Waals surface area contributed by atoms with E-state index in [0.29, 0.717) is 21.7 Å². The van der Waals surface area contributed by atoms with Gasteiger partial charge in [-0.05, 0) is 61.4 Å². The van der Waals surface area contributed by atoms with E-state index < -0.39 is 26.8 Å². The Morgan fingerprint density at radius 2 is 1.68 bits per heavy atom. The number of hydrogen-bond acceptors (Lipinski definition) is 8. The second kappa shape index (κ2) is 10.0. The second-order valence-corrected chi connectivity index (χ2v) is 10.2. The largest absolute Gasteiger partial charge is 0.462 e. The number of nitrogens with zero attached hydrogens (tertiary/aromatic N) is 1. The number of thiophene rings is 1. The maximum atomic E-state index is 12.6. The number of sulfone groups is 1. The predicted octanol–water partition coefficient (Wildman–Crippen LogP) is 4.86. The molecule has 0 aliphatic rings. The van der Waals surface area contributed by atoms with Crippen LogP contribution in [0.15, 0.2) is 53.4 Å². The molecule has 0 aliphatic carbocycles. The fourth-order valence-electron chi connectivity index (χ4n) is 3.11. The van der Waals surface area contributed by atoms with Gasteiger partial charge in [0.1, 0.15) is 5.00 Å². The normalized spacial score (nSPS) is 11.0. The number of anilines is 2. The molecule has 12 heteroatoms. The molecule has 0 saturated heterocycles. The Kier molecular flexibility index (Phi) is 7.32. The number of nitro benzene ring substituents is 1. The van der Waals surface area contributed by atoms with Crippen LogP contribution in [0.4, 0.5) is 21.2 Å². The monoisotopic (exact) mass is 503 g/mol. The number of carbonyl (C=O) groups is 2. The van der Waals surface area contributed by atoms with Gasteiger partial charge in [-0.2, -0.15) is 0 Å². The molecule has 0 spiro atoms. The molecule has 0 radical (unpaired) electrons. The van der Waals surface area contributed by atoms with E-state index >= 15 is 0 Å². The molecule has 3 aromatic rings. The van der Waals surface area contributed by atoms with Crippen LogP contribution in [0.5, 0.6) is 0 Å². The van der Waals surface area contributed by atoms with Crippen LogP contribution in [0, 0.1) is 17.0 Å². The minimum Gasteiger partial charge on any atom is -0.462 e. The predicted molar refractivity (Wildman–Crippen MR) is 129 cm³/mol. The minimum absolute atomic E-state index is 0.0665. The van der Waals surface area contributed by atoms with Gasteiger partial charge in [-0.25, -0.2) is 18.0 Å². The number of esters is 1. The van der Waals surface area contributed by atoms with Crippen molar-refractivity contribution in [2.45, 2.75) is 18.7 Å². The highest BCUT2D eigenvalue weighted by Crippen LogP contribution is 2.40. The van der Waals surface area contributed by atoms with Crippen molar-refractivity contribution in [2.75, 3.05) is 23.5 Å². The third-order valence-corrected chi connectivity index (χ3v) is 7.12. The molecular weight excluding hydrogens is 482 g/mol. The Morgan fingerprint density at radius 3 is 2.21 bits per heavy atom. The number of urea groups is 1. The molecule has 10 nitrogen and oxygen atoms in total. The van der Waals surface area contributed by atoms with Crippen molar-refractivity contribution < 1.29 is 27.7 Å². The van der Waals surface area contributed by atoms with Gasteiger partial charge in [0, 0.05) is 29.0 Å². The maximum Gasteiger partial charge on any atom is 0.341 e. The lowest BCUT2D eigenvalue weighted by atomic mass is 10.1. The average Bonchev–Trinajstić information content (AvgIpc) is 3.09. The van der Waals surface area contributed by atoms with Gasteiger partial charge in [0.25, 0.3) is 5.69 Å². The highest BCUT2D eigenvalue weighted by molar-refractivity contribution is 7.90. The van der Waals surface area contributed by atoms with E-state index in [0.717, 1.165) is 17.6 Å². The minimum atomic E-state index is -3.37. The van der Waals surface area contributed by atoms with Crippen molar-refractivity contribution in [3.8, 4) is 10.4 Å². The summed E-state index contributed by atoms with van der Waals surface area (Å²) in [5, 5.41) is 16.4. The quantitative estimate of drug-likeness (QED) is 0.266. The summed E-state index contributed by atoms with van der Waals surface area (Å²) in [6.07, 6.45) is 1.08. The van der Waals surface area contributed by atoms with Crippen LogP contribution >= 0.6 is 11.3 Å². The molecule has 2 amide bonds. The lowest BCUT2D eigenvalue weighted by molar-refractivity contribution is -0.384. The number of hydrogen-bond donors (Lipinski definition) is 2. The molecule has 34 heavy (non-hydrogen) atoms. The molecule has 178 valence electrons. The summed E-state index contributed by atoms with van der Waals surface area (Å²) in [7, 11) is -3.37. The van der Waals surface area contributed by atoms with E-state index in [9.17, 15) is 28.1 Å². The first kappa shape index (κ1) is 24.9. The third kappa shape index (κ3) is 5.58. The molecule has 2 aromatic carbocycles. The number of nitrogens with one attached hydrogen (secondary N) is 2. The van der Waals surface area contributed by atoms with E-state index in [-0.39, 0.29) is 27.8 Å². The number of ether oxygens (including phenoxy) is 1. The van der Waals surface area contributed by atoms with Gasteiger partial charge in [0.05, 0.1) is 22.0 Å². The molecule has 1 heterocycles. The van der Waals surface area contributed by atoms with Crippen LogP contribution in [-0.2, 0) is 14.6 Å². The summed E-state index contributed by atoms with van der Waals surface area (Å²) >= 11 is 1.13. The molecule has 0 aliphatic heterocycles. The van der Waals surface area contributed by atoms with Gasteiger partial charge in [-0.1, -0.05) is 0 Å². The summed E-state index contributed by atoms with van der Waals surface area (Å²) < 4.78 is 28.3. The zero-order valence-electron chi connectivity index (χ0n) is 18.4. The zero-order valence-corrected chi connectivity index (χ0v) is 20.1. The summed E-state index contributed by atoms with van der Waals surface area (Å²) in [6, 6.07) is 10.9. The van der Waals surface area contributed by atoms with Crippen molar-refractivity contribution >= 4 is 49.6 Å². The van der Waals surface area contributed by atoms with Crippen LogP contribution in [0.25, 0.3) is 10.4 Å². The van der Waals surface area contributed by atoms with Gasteiger partial charge in [0.2, 0.25) is 0 Å². The summed E-state index contributed by atoms with van der Waals surface area (Å²) in [6.45, 7) is 3.50. The Labute approximate surface area is 199 Å². The Hall–Kier alpha value is -3.77. The SMILES string of the molecule is CCOC(=O)c1c(NC(=O)Nc2ccc(S(C)(=O)=O)cc2)sc(-c2ccc([N+](=O)[O-])cc2)c1C. The fraction of sp³-hybridized carbons (Fsp3) is 0.182. The molecule has 1 aromatic heterocycles. The molecule has 3 rings (SSSR count). The summed E-state index contributed by atoms with van der Waals surface area (Å²) in [5.74, 6) is -0.614. The number of non-ortho nitro benzene ring substituents is 1. The number of carbonyl (C=O) groups excluding carboxylic acids is 2. The Balaban J connectivity index is 1.90. The van der Waals surface area contributed by atoms with E-state index in [1.807, 2.05) is 0 Å². The van der Waals surface area contributed by atoms with Crippen LogP contribution in [-0.4, -0.2) is 38.2 Å². The highest BCUT2D eigenvalue weighted by Gasteiger charge is 2.24. The van der Waals surface area contributed by atoms with Crippen LogP contribution in [0.2, 0.25) is 0 Å². The lowest BCUT2D eigenvalue weighted by Gasteiger charge is -2.09. The van der Waals surface area contributed by atoms with Crippen LogP contribution in [0.1, 0.15) is 22.8 Å². The Bertz CT molecular complexity index is 1350. The molecule has 0 fully saturated rings. The third-order valence-electron chi connectivity index (χ3n) is 4.73. The molecule has 0 atom stereocenters. The van der Waals surface area contributed by atoms with Crippen molar-refractivity contribution in [1.29, 1.82) is 0 Å². The van der Waals surface area contributed by atoms with Gasteiger partial charge >= 0.3 is 12.0 Å². The van der Waals surface area contributed by atoms with Gasteiger partial charge in [-0.3, -0.25) is 15.4 Å². The first-order valence-corrected chi connectivity index (χ1v) is 12.7. The van der Waals surface area contributed by atoms with E-state index in [1.54, 1.807) is 26.0 Å². The zero-order chi connectivity index (χ0) is 25.0. The maximum absolute atomic E-state index is 12.6. The first-order chi connectivity index (χ1) is 16.0. The number of rotatable bonds is 7. The molecule has 0 saturated carbocycles. The summed E-state index contributed by atoms with van der Waals surface area (Å²) in [4.78, 5) is 36.4. The fourth-order valence-corrected chi connectivity index (χ4v) is 4.94. The van der Waals surface area contributed by atoms with E-state index in [1.165, 1.54) is 36.4 Å². The van der Waals surface area contributed by atoms with Crippen LogP contribution in [0.3, 0.4) is 0 Å². The highest BCUT2D eigenvalue weighted by atomic mass is 32.2. The number of amides is 2. The Morgan fingerprint density at radius 1 is 1.06 bits per heavy atom.